The number of likely N-dealkylation sites (tertiary alicyclic amines) is 1. The molecule has 1 N–H and O–H groups in total. The first-order valence-electron chi connectivity index (χ1n) is 14.9. The first kappa shape index (κ1) is 29.0. The molecule has 1 amide bonds. The van der Waals surface area contributed by atoms with Crippen LogP contribution >= 0.6 is 0 Å². The van der Waals surface area contributed by atoms with Crippen LogP contribution in [0.15, 0.2) is 39.7 Å². The Morgan fingerprint density at radius 1 is 1.17 bits per heavy atom. The second-order valence-corrected chi connectivity index (χ2v) is 11.9. The van der Waals surface area contributed by atoms with Crippen LogP contribution in [0.2, 0.25) is 0 Å². The standard InChI is InChI=1S/C32H42N4O5/c1-5-22(37)9-7-6-8-10-25(34-30(39)24-19-32(24)13-15-35(2)16-14-32)31-33-20-28(41-31)23-17-21-11-12-29(38)36(3)26(21)18-27(23)40-4/h11-12,17-18,20,24-25H,5-10,13-16,19H2,1-4H3,(H,34,39)/t24-,25+/m1/s1. The number of Topliss-reactive ketones (excluding diaryl/α,β-unsaturated/α-hetero) is 1. The SMILES string of the molecule is CCC(=O)CCCCC[C@H](NC(=O)[C@H]1CC12CCN(C)CC2)c1ncc(-c2cc3ccc(=O)n(C)c3cc2OC)o1. The summed E-state index contributed by atoms with van der Waals surface area (Å²) in [5.74, 6) is 2.00. The highest BCUT2D eigenvalue weighted by atomic mass is 16.5. The van der Waals surface area contributed by atoms with E-state index in [9.17, 15) is 14.4 Å². The fourth-order valence-corrected chi connectivity index (χ4v) is 6.22. The molecular formula is C32H42N4O5. The molecule has 1 saturated heterocycles. The van der Waals surface area contributed by atoms with Gasteiger partial charge in [-0.3, -0.25) is 14.4 Å². The van der Waals surface area contributed by atoms with Gasteiger partial charge in [0.25, 0.3) is 5.56 Å². The zero-order chi connectivity index (χ0) is 29.1. The van der Waals surface area contributed by atoms with Crippen LogP contribution in [0.3, 0.4) is 0 Å². The van der Waals surface area contributed by atoms with Crippen molar-refractivity contribution in [2.45, 2.75) is 70.8 Å². The van der Waals surface area contributed by atoms with Gasteiger partial charge in [0.1, 0.15) is 17.6 Å². The number of hydrogen-bond donors (Lipinski definition) is 1. The summed E-state index contributed by atoms with van der Waals surface area (Å²) in [6.45, 7) is 3.97. The highest BCUT2D eigenvalue weighted by molar-refractivity contribution is 5.87. The van der Waals surface area contributed by atoms with E-state index in [2.05, 4.69) is 22.2 Å². The lowest BCUT2D eigenvalue weighted by Gasteiger charge is -2.30. The second-order valence-electron chi connectivity index (χ2n) is 11.9. The number of nitrogens with zero attached hydrogens (tertiary/aromatic N) is 3. The van der Waals surface area contributed by atoms with Crippen molar-refractivity contribution in [2.24, 2.45) is 18.4 Å². The number of hydrogen-bond acceptors (Lipinski definition) is 7. The van der Waals surface area contributed by atoms with E-state index < -0.39 is 0 Å². The topological polar surface area (TPSA) is 107 Å². The summed E-state index contributed by atoms with van der Waals surface area (Å²) < 4.78 is 13.6. The van der Waals surface area contributed by atoms with Gasteiger partial charge in [-0.2, -0.15) is 0 Å². The summed E-state index contributed by atoms with van der Waals surface area (Å²) >= 11 is 0. The Labute approximate surface area is 241 Å². The summed E-state index contributed by atoms with van der Waals surface area (Å²) in [5.41, 5.74) is 1.54. The number of ketones is 1. The summed E-state index contributed by atoms with van der Waals surface area (Å²) in [7, 11) is 5.46. The van der Waals surface area contributed by atoms with Gasteiger partial charge >= 0.3 is 0 Å². The van der Waals surface area contributed by atoms with Crippen molar-refractivity contribution in [3.63, 3.8) is 0 Å². The number of aromatic nitrogens is 2. The molecule has 2 atom stereocenters. The first-order chi connectivity index (χ1) is 19.7. The van der Waals surface area contributed by atoms with Gasteiger partial charge in [0, 0.05) is 37.9 Å². The molecule has 1 saturated carbocycles. The zero-order valence-electron chi connectivity index (χ0n) is 24.7. The Hall–Kier alpha value is -3.46. The molecule has 2 aromatic heterocycles. The molecule has 0 unspecified atom stereocenters. The van der Waals surface area contributed by atoms with E-state index in [1.807, 2.05) is 19.1 Å². The number of unbranched alkanes of at least 4 members (excludes halogenated alkanes) is 2. The third kappa shape index (κ3) is 6.25. The molecule has 41 heavy (non-hydrogen) atoms. The molecule has 1 aliphatic carbocycles. The molecule has 2 aliphatic rings. The molecular weight excluding hydrogens is 520 g/mol. The quantitative estimate of drug-likeness (QED) is 0.309. The predicted octanol–water partition coefficient (Wildman–Crippen LogP) is 5.02. The van der Waals surface area contributed by atoms with Crippen LogP contribution in [-0.4, -0.2) is 53.4 Å². The third-order valence-electron chi connectivity index (χ3n) is 9.18. The van der Waals surface area contributed by atoms with Crippen LogP contribution in [0.4, 0.5) is 0 Å². The van der Waals surface area contributed by atoms with Gasteiger partial charge in [-0.25, -0.2) is 4.98 Å². The highest BCUT2D eigenvalue weighted by Gasteiger charge is 2.58. The number of carbonyl (C=O) groups excluding carboxylic acids is 2. The van der Waals surface area contributed by atoms with Gasteiger partial charge in [-0.05, 0) is 75.2 Å². The predicted molar refractivity (Wildman–Crippen MR) is 158 cm³/mol. The number of methoxy groups -OCH3 is 1. The molecule has 3 heterocycles. The van der Waals surface area contributed by atoms with Crippen LogP contribution in [0, 0.1) is 11.3 Å². The van der Waals surface area contributed by atoms with Crippen molar-refractivity contribution in [3.05, 3.63) is 46.7 Å². The number of aryl methyl sites for hydroxylation is 1. The Morgan fingerprint density at radius 2 is 1.95 bits per heavy atom. The number of pyridine rings is 1. The maximum absolute atomic E-state index is 13.5. The average Bonchev–Trinajstić information content (AvgIpc) is 3.46. The minimum Gasteiger partial charge on any atom is -0.496 e. The van der Waals surface area contributed by atoms with E-state index in [-0.39, 0.29) is 34.6 Å². The van der Waals surface area contributed by atoms with Gasteiger partial charge in [-0.1, -0.05) is 19.8 Å². The van der Waals surface area contributed by atoms with Crippen LogP contribution in [-0.2, 0) is 16.6 Å². The summed E-state index contributed by atoms with van der Waals surface area (Å²) in [5, 5.41) is 4.16. The maximum atomic E-state index is 13.5. The Morgan fingerprint density at radius 3 is 2.68 bits per heavy atom. The van der Waals surface area contributed by atoms with Crippen molar-refractivity contribution in [2.75, 3.05) is 27.2 Å². The number of benzene rings is 1. The lowest BCUT2D eigenvalue weighted by Crippen LogP contribution is -2.36. The largest absolute Gasteiger partial charge is 0.496 e. The van der Waals surface area contributed by atoms with Gasteiger partial charge < -0.3 is 23.9 Å². The van der Waals surface area contributed by atoms with E-state index in [4.69, 9.17) is 9.15 Å². The van der Waals surface area contributed by atoms with Crippen LogP contribution in [0.5, 0.6) is 5.75 Å². The van der Waals surface area contributed by atoms with Crippen molar-refractivity contribution in [1.29, 1.82) is 0 Å². The van der Waals surface area contributed by atoms with Gasteiger partial charge in [0.05, 0.1) is 24.4 Å². The van der Waals surface area contributed by atoms with Gasteiger partial charge in [-0.15, -0.1) is 0 Å². The van der Waals surface area contributed by atoms with Gasteiger partial charge in [0.2, 0.25) is 11.8 Å². The summed E-state index contributed by atoms with van der Waals surface area (Å²) in [6, 6.07) is 6.75. The molecule has 9 nitrogen and oxygen atoms in total. The number of fused-ring (bicyclic) bond motifs is 1. The molecule has 2 fully saturated rings. The van der Waals surface area contributed by atoms with E-state index in [0.29, 0.717) is 36.7 Å². The van der Waals surface area contributed by atoms with Crippen LogP contribution in [0.25, 0.3) is 22.2 Å². The normalized spacial score (nSPS) is 18.9. The number of nitrogens with one attached hydrogen (secondary N) is 1. The highest BCUT2D eigenvalue weighted by Crippen LogP contribution is 2.59. The van der Waals surface area contributed by atoms with E-state index in [0.717, 1.165) is 68.1 Å². The fraction of sp³-hybridized carbons (Fsp3) is 0.562. The molecule has 0 bridgehead atoms. The Kier molecular flexibility index (Phi) is 8.63. The Balaban J connectivity index is 1.35. The van der Waals surface area contributed by atoms with E-state index in [1.54, 1.807) is 37.1 Å². The lowest BCUT2D eigenvalue weighted by atomic mass is 9.91. The summed E-state index contributed by atoms with van der Waals surface area (Å²) in [4.78, 5) is 44.3. The van der Waals surface area contributed by atoms with Crippen molar-refractivity contribution in [3.8, 4) is 17.1 Å². The first-order valence-corrected chi connectivity index (χ1v) is 14.9. The minimum atomic E-state index is -0.352. The van der Waals surface area contributed by atoms with Crippen molar-refractivity contribution >= 4 is 22.6 Å². The monoisotopic (exact) mass is 562 g/mol. The summed E-state index contributed by atoms with van der Waals surface area (Å²) in [6.07, 6.45) is 9.22. The number of piperidine rings is 1. The number of oxazole rings is 1. The molecule has 9 heteroatoms. The molecule has 3 aromatic rings. The number of amides is 1. The van der Waals surface area contributed by atoms with Crippen molar-refractivity contribution in [1.82, 2.24) is 19.8 Å². The molecule has 1 aromatic carbocycles. The average molecular weight is 563 g/mol. The van der Waals surface area contributed by atoms with E-state index >= 15 is 0 Å². The third-order valence-corrected chi connectivity index (χ3v) is 9.18. The maximum Gasteiger partial charge on any atom is 0.250 e. The fourth-order valence-electron chi connectivity index (χ4n) is 6.22. The molecule has 1 aliphatic heterocycles. The molecule has 1 spiro atoms. The Bertz CT molecular complexity index is 1470. The van der Waals surface area contributed by atoms with Crippen LogP contribution < -0.4 is 15.6 Å². The van der Waals surface area contributed by atoms with Crippen molar-refractivity contribution < 1.29 is 18.7 Å². The molecule has 0 radical (unpaired) electrons. The molecule has 5 rings (SSSR count). The van der Waals surface area contributed by atoms with Gasteiger partial charge in [0.15, 0.2) is 5.76 Å². The smallest absolute Gasteiger partial charge is 0.250 e. The lowest BCUT2D eigenvalue weighted by molar-refractivity contribution is -0.124. The molecule has 220 valence electrons. The number of ether oxygens (including phenoxy) is 1. The van der Waals surface area contributed by atoms with Crippen LogP contribution in [0.1, 0.15) is 76.6 Å². The second kappa shape index (κ2) is 12.2. The zero-order valence-corrected chi connectivity index (χ0v) is 24.7. The minimum absolute atomic E-state index is 0.0440. The number of carbonyl (C=O) groups is 2. The van der Waals surface area contributed by atoms with E-state index in [1.165, 1.54) is 0 Å². The number of rotatable bonds is 12.